The minimum Gasteiger partial charge on any atom is -0.420 e. The van der Waals surface area contributed by atoms with Gasteiger partial charge in [0.25, 0.3) is 5.89 Å². The third-order valence-electron chi connectivity index (χ3n) is 6.56. The number of nitrogens with two attached hydrogens (primary N) is 1. The second-order valence-electron chi connectivity index (χ2n) is 8.82. The number of piperidine rings is 1. The molecule has 0 bridgehead atoms. The van der Waals surface area contributed by atoms with Crippen molar-refractivity contribution in [3.8, 4) is 11.5 Å². The fourth-order valence-corrected chi connectivity index (χ4v) is 4.66. The molecule has 1 saturated heterocycles. The van der Waals surface area contributed by atoms with Gasteiger partial charge in [-0.1, -0.05) is 24.3 Å². The number of rotatable bonds is 7. The Kier molecular flexibility index (Phi) is 6.31. The standard InChI is InChI=1S/C24H27N7O3/c25-12-20(32)15-5-7-31(8-6-15)22(33)11-21-29-30-23(34-21)18-13-26-24(27-14-18)28-19-9-16-3-1-2-4-17(16)10-19/h1-4,13-15,19H,5-12,25H2,(H,26,27,28). The molecule has 10 nitrogen and oxygen atoms in total. The Bertz CT molecular complexity index is 1140. The second-order valence-corrected chi connectivity index (χ2v) is 8.82. The molecule has 176 valence electrons. The lowest BCUT2D eigenvalue weighted by Crippen LogP contribution is -2.42. The van der Waals surface area contributed by atoms with E-state index in [-0.39, 0.29) is 48.4 Å². The Morgan fingerprint density at radius 3 is 2.38 bits per heavy atom. The molecule has 1 aromatic carbocycles. The van der Waals surface area contributed by atoms with Gasteiger partial charge in [-0.15, -0.1) is 10.2 Å². The largest absolute Gasteiger partial charge is 0.420 e. The highest BCUT2D eigenvalue weighted by atomic mass is 16.4. The van der Waals surface area contributed by atoms with Crippen LogP contribution in [0.2, 0.25) is 0 Å². The van der Waals surface area contributed by atoms with Crippen molar-refractivity contribution >= 4 is 17.6 Å². The maximum absolute atomic E-state index is 12.6. The van der Waals surface area contributed by atoms with Gasteiger partial charge in [0.2, 0.25) is 17.7 Å². The number of Topliss-reactive ketones (excluding diaryl/α,β-unsaturated/α-hetero) is 1. The van der Waals surface area contributed by atoms with E-state index in [1.165, 1.54) is 11.1 Å². The number of likely N-dealkylation sites (tertiary alicyclic amines) is 1. The lowest BCUT2D eigenvalue weighted by atomic mass is 9.92. The lowest BCUT2D eigenvalue weighted by molar-refractivity contribution is -0.134. The summed E-state index contributed by atoms with van der Waals surface area (Å²) in [6, 6.07) is 8.70. The molecule has 0 saturated carbocycles. The van der Waals surface area contributed by atoms with E-state index in [1.807, 2.05) is 0 Å². The fraction of sp³-hybridized carbons (Fsp3) is 0.417. The molecule has 2 aromatic heterocycles. The molecule has 3 N–H and O–H groups in total. The van der Waals surface area contributed by atoms with E-state index in [4.69, 9.17) is 10.2 Å². The molecule has 34 heavy (non-hydrogen) atoms. The van der Waals surface area contributed by atoms with Crippen LogP contribution in [0.25, 0.3) is 11.5 Å². The molecule has 1 fully saturated rings. The highest BCUT2D eigenvalue weighted by Crippen LogP contribution is 2.24. The van der Waals surface area contributed by atoms with Crippen LogP contribution in [-0.4, -0.2) is 62.4 Å². The minimum absolute atomic E-state index is 0.0191. The predicted octanol–water partition coefficient (Wildman–Crippen LogP) is 1.41. The summed E-state index contributed by atoms with van der Waals surface area (Å²) in [7, 11) is 0. The number of ketones is 1. The van der Waals surface area contributed by atoms with Gasteiger partial charge in [-0.2, -0.15) is 0 Å². The van der Waals surface area contributed by atoms with E-state index in [2.05, 4.69) is 49.7 Å². The molecule has 0 unspecified atom stereocenters. The molecule has 10 heteroatoms. The Morgan fingerprint density at radius 2 is 1.74 bits per heavy atom. The zero-order valence-electron chi connectivity index (χ0n) is 18.8. The smallest absolute Gasteiger partial charge is 0.250 e. The second kappa shape index (κ2) is 9.68. The first-order valence-electron chi connectivity index (χ1n) is 11.6. The quantitative estimate of drug-likeness (QED) is 0.534. The van der Waals surface area contributed by atoms with Crippen molar-refractivity contribution in [1.29, 1.82) is 0 Å². The maximum Gasteiger partial charge on any atom is 0.250 e. The lowest BCUT2D eigenvalue weighted by Gasteiger charge is -2.30. The zero-order valence-corrected chi connectivity index (χ0v) is 18.8. The van der Waals surface area contributed by atoms with Crippen molar-refractivity contribution in [2.75, 3.05) is 25.0 Å². The van der Waals surface area contributed by atoms with Gasteiger partial charge in [0.15, 0.2) is 0 Å². The highest BCUT2D eigenvalue weighted by Gasteiger charge is 2.27. The monoisotopic (exact) mass is 461 g/mol. The van der Waals surface area contributed by atoms with Crippen molar-refractivity contribution < 1.29 is 14.0 Å². The van der Waals surface area contributed by atoms with Crippen LogP contribution < -0.4 is 11.1 Å². The highest BCUT2D eigenvalue weighted by molar-refractivity contribution is 5.83. The molecule has 3 heterocycles. The minimum atomic E-state index is -0.0952. The normalized spacial score (nSPS) is 16.4. The van der Waals surface area contributed by atoms with Crippen LogP contribution in [0.15, 0.2) is 41.1 Å². The van der Waals surface area contributed by atoms with Crippen molar-refractivity contribution in [3.05, 3.63) is 53.7 Å². The fourth-order valence-electron chi connectivity index (χ4n) is 4.66. The van der Waals surface area contributed by atoms with E-state index in [1.54, 1.807) is 17.3 Å². The summed E-state index contributed by atoms with van der Waals surface area (Å²) in [5.74, 6) is 0.979. The number of carbonyl (C=O) groups is 2. The summed E-state index contributed by atoms with van der Waals surface area (Å²) in [6.45, 7) is 1.12. The first kappa shape index (κ1) is 22.1. The number of nitrogens with zero attached hydrogens (tertiary/aromatic N) is 5. The zero-order chi connectivity index (χ0) is 23.5. The molecule has 1 aliphatic carbocycles. The summed E-state index contributed by atoms with van der Waals surface area (Å²) in [5.41, 5.74) is 8.75. The van der Waals surface area contributed by atoms with Gasteiger partial charge in [0.05, 0.1) is 12.1 Å². The Hall–Kier alpha value is -3.66. The van der Waals surface area contributed by atoms with Gasteiger partial charge in [-0.25, -0.2) is 9.97 Å². The van der Waals surface area contributed by atoms with E-state index in [0.717, 1.165) is 12.8 Å². The molecular weight excluding hydrogens is 434 g/mol. The Labute approximate surface area is 197 Å². The van der Waals surface area contributed by atoms with Crippen LogP contribution in [0.1, 0.15) is 29.9 Å². The molecule has 5 rings (SSSR count). The van der Waals surface area contributed by atoms with E-state index in [9.17, 15) is 9.59 Å². The predicted molar refractivity (Wildman–Crippen MR) is 124 cm³/mol. The number of benzene rings is 1. The average molecular weight is 462 g/mol. The molecule has 1 amide bonds. The first-order valence-corrected chi connectivity index (χ1v) is 11.6. The number of amides is 1. The van der Waals surface area contributed by atoms with Crippen LogP contribution in [0, 0.1) is 5.92 Å². The number of nitrogens with one attached hydrogen (secondary N) is 1. The molecule has 0 radical (unpaired) electrons. The number of carbonyl (C=O) groups excluding carboxylic acids is 2. The third-order valence-corrected chi connectivity index (χ3v) is 6.56. The van der Waals surface area contributed by atoms with Gasteiger partial charge in [0, 0.05) is 37.4 Å². The summed E-state index contributed by atoms with van der Waals surface area (Å²) in [6.07, 6.45) is 6.46. The summed E-state index contributed by atoms with van der Waals surface area (Å²) in [5, 5.41) is 11.4. The molecule has 1 aliphatic heterocycles. The van der Waals surface area contributed by atoms with E-state index in [0.29, 0.717) is 37.4 Å². The van der Waals surface area contributed by atoms with Crippen LogP contribution in [0.4, 0.5) is 5.95 Å². The molecule has 2 aliphatic rings. The van der Waals surface area contributed by atoms with E-state index >= 15 is 0 Å². The van der Waals surface area contributed by atoms with Gasteiger partial charge in [-0.05, 0) is 36.8 Å². The van der Waals surface area contributed by atoms with E-state index < -0.39 is 0 Å². The Balaban J connectivity index is 1.14. The van der Waals surface area contributed by atoms with Crippen molar-refractivity contribution in [1.82, 2.24) is 25.1 Å². The van der Waals surface area contributed by atoms with Crippen LogP contribution >= 0.6 is 0 Å². The Morgan fingerprint density at radius 1 is 1.06 bits per heavy atom. The molecule has 3 aromatic rings. The number of fused-ring (bicyclic) bond motifs is 1. The van der Waals surface area contributed by atoms with Crippen molar-refractivity contribution in [2.24, 2.45) is 11.7 Å². The van der Waals surface area contributed by atoms with Crippen LogP contribution in [0.3, 0.4) is 0 Å². The maximum atomic E-state index is 12.6. The van der Waals surface area contributed by atoms with Gasteiger partial charge >= 0.3 is 0 Å². The van der Waals surface area contributed by atoms with Gasteiger partial charge < -0.3 is 20.4 Å². The molecular formula is C24H27N7O3. The van der Waals surface area contributed by atoms with Gasteiger partial charge in [-0.3, -0.25) is 9.59 Å². The number of hydrogen-bond donors (Lipinski definition) is 2. The van der Waals surface area contributed by atoms with Crippen molar-refractivity contribution in [3.63, 3.8) is 0 Å². The van der Waals surface area contributed by atoms with Gasteiger partial charge in [0.1, 0.15) is 12.2 Å². The summed E-state index contributed by atoms with van der Waals surface area (Å²) >= 11 is 0. The SMILES string of the molecule is NCC(=O)C1CCN(C(=O)Cc2nnc(-c3cnc(NC4Cc5ccccc5C4)nc3)o2)CC1. The number of aromatic nitrogens is 4. The van der Waals surface area contributed by atoms with Crippen LogP contribution in [-0.2, 0) is 28.9 Å². The van der Waals surface area contributed by atoms with Crippen molar-refractivity contribution in [2.45, 2.75) is 38.1 Å². The first-order chi connectivity index (χ1) is 16.6. The third kappa shape index (κ3) is 4.81. The summed E-state index contributed by atoms with van der Waals surface area (Å²) in [4.78, 5) is 34.9. The topological polar surface area (TPSA) is 140 Å². The average Bonchev–Trinajstić information content (AvgIpc) is 3.50. The van der Waals surface area contributed by atoms with Crippen LogP contribution in [0.5, 0.6) is 0 Å². The summed E-state index contributed by atoms with van der Waals surface area (Å²) < 4.78 is 5.68. The molecule has 0 atom stereocenters. The number of hydrogen-bond acceptors (Lipinski definition) is 9. The number of anilines is 1. The molecule has 0 spiro atoms.